The van der Waals surface area contributed by atoms with Crippen LogP contribution in [0.3, 0.4) is 0 Å². The zero-order valence-electron chi connectivity index (χ0n) is 40.3. The van der Waals surface area contributed by atoms with Gasteiger partial charge in [0.25, 0.3) is 0 Å². The summed E-state index contributed by atoms with van der Waals surface area (Å²) in [6.45, 7) is 4.70. The lowest BCUT2D eigenvalue weighted by Crippen LogP contribution is -2.36. The van der Waals surface area contributed by atoms with Crippen molar-refractivity contribution in [3.8, 4) is 55.6 Å². The molecule has 0 radical (unpaired) electrons. The maximum Gasteiger partial charge on any atom is 0.0755 e. The van der Waals surface area contributed by atoms with Gasteiger partial charge >= 0.3 is 0 Å². The number of nitrogens with zero attached hydrogens (tertiary/aromatic N) is 2. The van der Waals surface area contributed by atoms with E-state index >= 15 is 0 Å². The Balaban J connectivity index is 0.883. The second-order valence-corrected chi connectivity index (χ2v) is 20.0. The largest absolute Gasteiger partial charge is 0.310 e. The monoisotopic (exact) mass is 918 g/mol. The minimum Gasteiger partial charge on any atom is -0.310 e. The molecule has 3 aliphatic rings. The lowest BCUT2D eigenvalue weighted by atomic mass is 9.64. The van der Waals surface area contributed by atoms with E-state index in [2.05, 4.69) is 291 Å². The summed E-state index contributed by atoms with van der Waals surface area (Å²) in [5.41, 5.74) is 26.6. The third-order valence-electron chi connectivity index (χ3n) is 15.9. The zero-order valence-corrected chi connectivity index (χ0v) is 40.3. The standard InChI is InChI=1S/C70H50N2/c1-69(2)61-23-11-9-21-57(61)59-43-37-52(45-65(59)69)51-31-29-48(30-32-51)50-35-40-55(41-36-50)71(54-38-33-49(34-39-54)47-17-5-3-6-18-47)56-42-44-60-58-22-10-12-24-62(58)70(66(60)46-56)63-25-13-15-27-67(63)72(53-19-7-4-8-20-53)68-28-16-14-26-64(68)70/h3-46H,1-2H3. The molecule has 0 N–H and O–H groups in total. The Hall–Kier alpha value is -8.98. The molecule has 0 fully saturated rings. The van der Waals surface area contributed by atoms with Gasteiger partial charge < -0.3 is 9.80 Å². The van der Waals surface area contributed by atoms with Crippen molar-refractivity contribution in [2.24, 2.45) is 0 Å². The number of benzene rings is 11. The van der Waals surface area contributed by atoms with Gasteiger partial charge in [0.15, 0.2) is 0 Å². The molecule has 1 spiro atoms. The fourth-order valence-electron chi connectivity index (χ4n) is 12.5. The number of hydrogen-bond acceptors (Lipinski definition) is 2. The average Bonchev–Trinajstić information content (AvgIpc) is 3.87. The number of rotatable bonds is 7. The number of anilines is 6. The van der Waals surface area contributed by atoms with E-state index in [1.165, 1.54) is 100 Å². The van der Waals surface area contributed by atoms with Gasteiger partial charge in [-0.25, -0.2) is 0 Å². The highest BCUT2D eigenvalue weighted by atomic mass is 15.2. The Morgan fingerprint density at radius 3 is 1.26 bits per heavy atom. The minimum absolute atomic E-state index is 0.0368. The first-order chi connectivity index (χ1) is 35.5. The van der Waals surface area contributed by atoms with Gasteiger partial charge in [-0.05, 0) is 156 Å². The Morgan fingerprint density at radius 1 is 0.278 bits per heavy atom. The van der Waals surface area contributed by atoms with Crippen molar-refractivity contribution in [2.75, 3.05) is 9.80 Å². The highest BCUT2D eigenvalue weighted by Crippen LogP contribution is 2.64. The van der Waals surface area contributed by atoms with Crippen molar-refractivity contribution in [1.29, 1.82) is 0 Å². The Labute approximate surface area is 422 Å². The summed E-state index contributed by atoms with van der Waals surface area (Å²) in [6.07, 6.45) is 0. The van der Waals surface area contributed by atoms with Crippen LogP contribution in [0.1, 0.15) is 47.2 Å². The molecular formula is C70H50N2. The third kappa shape index (κ3) is 6.28. The number of para-hydroxylation sites is 3. The molecule has 1 heterocycles. The van der Waals surface area contributed by atoms with Gasteiger partial charge in [-0.15, -0.1) is 0 Å². The normalized spacial score (nSPS) is 13.9. The minimum atomic E-state index is -0.569. The quantitative estimate of drug-likeness (QED) is 0.157. The van der Waals surface area contributed by atoms with E-state index in [-0.39, 0.29) is 5.41 Å². The van der Waals surface area contributed by atoms with Gasteiger partial charge in [-0.1, -0.05) is 214 Å². The van der Waals surface area contributed by atoms with Crippen LogP contribution in [0.2, 0.25) is 0 Å². The smallest absolute Gasteiger partial charge is 0.0755 e. The van der Waals surface area contributed by atoms with Gasteiger partial charge in [-0.2, -0.15) is 0 Å². The molecule has 2 nitrogen and oxygen atoms in total. The van der Waals surface area contributed by atoms with Crippen LogP contribution in [0.15, 0.2) is 267 Å². The molecule has 340 valence electrons. The Kier molecular flexibility index (Phi) is 9.50. The summed E-state index contributed by atoms with van der Waals surface area (Å²) in [7, 11) is 0. The van der Waals surface area contributed by atoms with E-state index in [4.69, 9.17) is 0 Å². The summed E-state index contributed by atoms with van der Waals surface area (Å²) < 4.78 is 0. The molecule has 1 aliphatic heterocycles. The van der Waals surface area contributed by atoms with Crippen LogP contribution in [-0.2, 0) is 10.8 Å². The van der Waals surface area contributed by atoms with Crippen molar-refractivity contribution >= 4 is 34.1 Å². The molecule has 11 aromatic carbocycles. The van der Waals surface area contributed by atoms with Crippen LogP contribution in [0.4, 0.5) is 34.1 Å². The summed E-state index contributed by atoms with van der Waals surface area (Å²) >= 11 is 0. The molecule has 2 aliphatic carbocycles. The molecule has 0 unspecified atom stereocenters. The first-order valence-corrected chi connectivity index (χ1v) is 25.2. The topological polar surface area (TPSA) is 6.48 Å². The van der Waals surface area contributed by atoms with Crippen LogP contribution in [0.25, 0.3) is 55.6 Å². The van der Waals surface area contributed by atoms with Crippen molar-refractivity contribution in [2.45, 2.75) is 24.7 Å². The van der Waals surface area contributed by atoms with E-state index < -0.39 is 5.41 Å². The number of fused-ring (bicyclic) bond motifs is 12. The van der Waals surface area contributed by atoms with E-state index in [0.29, 0.717) is 0 Å². The van der Waals surface area contributed by atoms with Gasteiger partial charge in [-0.3, -0.25) is 0 Å². The van der Waals surface area contributed by atoms with Crippen molar-refractivity contribution in [3.63, 3.8) is 0 Å². The first kappa shape index (κ1) is 41.9. The zero-order chi connectivity index (χ0) is 48.0. The second kappa shape index (κ2) is 16.3. The molecule has 14 rings (SSSR count). The van der Waals surface area contributed by atoms with Gasteiger partial charge in [0.2, 0.25) is 0 Å². The molecular weight excluding hydrogens is 869 g/mol. The van der Waals surface area contributed by atoms with Gasteiger partial charge in [0, 0.05) is 28.2 Å². The van der Waals surface area contributed by atoms with Crippen molar-refractivity contribution in [1.82, 2.24) is 0 Å². The molecule has 0 saturated heterocycles. The second-order valence-electron chi connectivity index (χ2n) is 20.0. The molecule has 0 atom stereocenters. The van der Waals surface area contributed by atoms with Gasteiger partial charge in [0.05, 0.1) is 16.8 Å². The molecule has 11 aromatic rings. The van der Waals surface area contributed by atoms with E-state index in [9.17, 15) is 0 Å². The fourth-order valence-corrected chi connectivity index (χ4v) is 12.5. The summed E-state index contributed by atoms with van der Waals surface area (Å²) in [5, 5.41) is 0. The average molecular weight is 919 g/mol. The molecule has 0 amide bonds. The third-order valence-corrected chi connectivity index (χ3v) is 15.9. The predicted molar refractivity (Wildman–Crippen MR) is 301 cm³/mol. The fraction of sp³-hybridized carbons (Fsp3) is 0.0571. The first-order valence-electron chi connectivity index (χ1n) is 25.2. The molecule has 72 heavy (non-hydrogen) atoms. The highest BCUT2D eigenvalue weighted by molar-refractivity contribution is 5.97. The molecule has 0 bridgehead atoms. The SMILES string of the molecule is CC1(C)c2ccccc2-c2ccc(-c3ccc(-c4ccc(N(c5ccc(-c6ccccc6)cc5)c5ccc6c(c5)C5(c7ccccc7-6)c6ccccc6N(c6ccccc6)c6ccccc65)cc4)cc3)cc21. The Bertz CT molecular complexity index is 3820. The van der Waals surface area contributed by atoms with Crippen LogP contribution in [0, 0.1) is 0 Å². The predicted octanol–water partition coefficient (Wildman–Crippen LogP) is 18.6. The summed E-state index contributed by atoms with van der Waals surface area (Å²) in [5.74, 6) is 0. The van der Waals surface area contributed by atoms with Crippen LogP contribution in [-0.4, -0.2) is 0 Å². The summed E-state index contributed by atoms with van der Waals surface area (Å²) in [4.78, 5) is 4.88. The van der Waals surface area contributed by atoms with E-state index in [0.717, 1.165) is 22.7 Å². The molecule has 2 heteroatoms. The van der Waals surface area contributed by atoms with E-state index in [1.807, 2.05) is 0 Å². The van der Waals surface area contributed by atoms with Crippen LogP contribution in [0.5, 0.6) is 0 Å². The molecule has 0 aromatic heterocycles. The highest BCUT2D eigenvalue weighted by Gasteiger charge is 2.52. The van der Waals surface area contributed by atoms with Crippen molar-refractivity contribution < 1.29 is 0 Å². The number of hydrogen-bond donors (Lipinski definition) is 0. The van der Waals surface area contributed by atoms with Crippen LogP contribution < -0.4 is 9.80 Å². The van der Waals surface area contributed by atoms with Crippen LogP contribution >= 0.6 is 0 Å². The lowest BCUT2D eigenvalue weighted by Gasteiger charge is -2.45. The van der Waals surface area contributed by atoms with E-state index in [1.54, 1.807) is 0 Å². The molecule has 0 saturated carbocycles. The maximum atomic E-state index is 2.48. The van der Waals surface area contributed by atoms with Crippen molar-refractivity contribution in [3.05, 3.63) is 300 Å². The lowest BCUT2D eigenvalue weighted by molar-refractivity contribution is 0.660. The maximum absolute atomic E-state index is 2.48. The Morgan fingerprint density at radius 2 is 0.667 bits per heavy atom. The summed E-state index contributed by atoms with van der Waals surface area (Å²) in [6, 6.07) is 99.0. The van der Waals surface area contributed by atoms with Gasteiger partial charge in [0.1, 0.15) is 0 Å².